The third kappa shape index (κ3) is 1.21. The van der Waals surface area contributed by atoms with Crippen LogP contribution >= 0.6 is 11.6 Å². The van der Waals surface area contributed by atoms with Crippen molar-refractivity contribution >= 4 is 11.6 Å². The van der Waals surface area contributed by atoms with Crippen molar-refractivity contribution in [1.29, 1.82) is 0 Å². The Morgan fingerprint density at radius 3 is 2.67 bits per heavy atom. The number of halogens is 2. The fraction of sp³-hybridized carbons (Fsp3) is 0.333. The van der Waals surface area contributed by atoms with Gasteiger partial charge in [-0.15, -0.1) is 0 Å². The van der Waals surface area contributed by atoms with Crippen LogP contribution in [0.15, 0.2) is 18.2 Å². The molecule has 1 N–H and O–H groups in total. The van der Waals surface area contributed by atoms with Crippen molar-refractivity contribution in [3.63, 3.8) is 0 Å². The van der Waals surface area contributed by atoms with Crippen molar-refractivity contribution in [1.82, 2.24) is 0 Å². The Morgan fingerprint density at radius 1 is 1.50 bits per heavy atom. The van der Waals surface area contributed by atoms with E-state index in [4.69, 9.17) is 16.7 Å². The first-order valence-corrected chi connectivity index (χ1v) is 4.20. The Hall–Kier alpha value is -0.600. The minimum absolute atomic E-state index is 0.0845. The predicted molar refractivity (Wildman–Crippen MR) is 44.8 cm³/mol. The Labute approximate surface area is 74.8 Å². The molecule has 0 saturated heterocycles. The highest BCUT2D eigenvalue weighted by Gasteiger charge is 2.39. The maximum Gasteiger partial charge on any atom is 0.128 e. The molecular formula is C9H8ClFO. The summed E-state index contributed by atoms with van der Waals surface area (Å²) in [6.45, 7) is 0. The summed E-state index contributed by atoms with van der Waals surface area (Å²) in [7, 11) is 0. The van der Waals surface area contributed by atoms with Crippen molar-refractivity contribution in [2.45, 2.75) is 18.4 Å². The molecule has 0 unspecified atom stereocenters. The number of hydrogen-bond acceptors (Lipinski definition) is 1. The van der Waals surface area contributed by atoms with E-state index in [-0.39, 0.29) is 11.7 Å². The Bertz CT molecular complexity index is 293. The molecular weight excluding hydrogens is 179 g/mol. The molecule has 1 aromatic carbocycles. The molecule has 1 aromatic rings. The first kappa shape index (κ1) is 8.02. The lowest BCUT2D eigenvalue weighted by Crippen LogP contribution is -1.92. The predicted octanol–water partition coefficient (Wildman–Crippen LogP) is 2.33. The minimum Gasteiger partial charge on any atom is -0.392 e. The second-order valence-corrected chi connectivity index (χ2v) is 3.45. The third-order valence-corrected chi connectivity index (χ3v) is 2.46. The fourth-order valence-electron chi connectivity index (χ4n) is 1.36. The molecule has 0 bridgehead atoms. The van der Waals surface area contributed by atoms with E-state index in [1.54, 1.807) is 12.1 Å². The van der Waals surface area contributed by atoms with Gasteiger partial charge in [0.15, 0.2) is 0 Å². The van der Waals surface area contributed by atoms with Gasteiger partial charge in [-0.05, 0) is 18.6 Å². The van der Waals surface area contributed by atoms with E-state index in [1.165, 1.54) is 6.07 Å². The first-order valence-electron chi connectivity index (χ1n) is 3.82. The molecule has 0 radical (unpaired) electrons. The molecule has 1 saturated carbocycles. The quantitative estimate of drug-likeness (QED) is 0.714. The van der Waals surface area contributed by atoms with Crippen LogP contribution in [0.3, 0.4) is 0 Å². The molecule has 0 aromatic heterocycles. The van der Waals surface area contributed by atoms with Crippen LogP contribution in [-0.4, -0.2) is 11.2 Å². The van der Waals surface area contributed by atoms with Gasteiger partial charge < -0.3 is 5.11 Å². The van der Waals surface area contributed by atoms with E-state index in [0.29, 0.717) is 17.0 Å². The first-order chi connectivity index (χ1) is 5.70. The van der Waals surface area contributed by atoms with Gasteiger partial charge in [-0.1, -0.05) is 17.7 Å². The molecule has 0 spiro atoms. The molecule has 2 atom stereocenters. The van der Waals surface area contributed by atoms with E-state index in [9.17, 15) is 4.39 Å². The van der Waals surface area contributed by atoms with Crippen molar-refractivity contribution in [3.8, 4) is 0 Å². The van der Waals surface area contributed by atoms with Crippen LogP contribution in [0.4, 0.5) is 4.39 Å². The van der Waals surface area contributed by atoms with Gasteiger partial charge in [0, 0.05) is 16.5 Å². The number of rotatable bonds is 1. The second kappa shape index (κ2) is 2.71. The molecule has 1 nitrogen and oxygen atoms in total. The highest BCUT2D eigenvalue weighted by Crippen LogP contribution is 2.44. The van der Waals surface area contributed by atoms with Gasteiger partial charge in [-0.3, -0.25) is 0 Å². The highest BCUT2D eigenvalue weighted by atomic mass is 35.5. The molecule has 0 aliphatic heterocycles. The summed E-state index contributed by atoms with van der Waals surface area (Å²) in [5.74, 6) is -0.400. The van der Waals surface area contributed by atoms with Gasteiger partial charge >= 0.3 is 0 Å². The molecule has 1 aliphatic carbocycles. The lowest BCUT2D eigenvalue weighted by Gasteiger charge is -2.02. The van der Waals surface area contributed by atoms with E-state index in [1.807, 2.05) is 0 Å². The van der Waals surface area contributed by atoms with Crippen LogP contribution in [-0.2, 0) is 0 Å². The molecule has 2 rings (SSSR count). The van der Waals surface area contributed by atoms with Crippen LogP contribution in [0.25, 0.3) is 0 Å². The Balaban J connectivity index is 2.41. The molecule has 3 heteroatoms. The molecule has 12 heavy (non-hydrogen) atoms. The van der Waals surface area contributed by atoms with Gasteiger partial charge in [0.1, 0.15) is 5.82 Å². The monoisotopic (exact) mass is 186 g/mol. The smallest absolute Gasteiger partial charge is 0.128 e. The number of benzene rings is 1. The molecule has 0 heterocycles. The zero-order valence-corrected chi connectivity index (χ0v) is 7.05. The van der Waals surface area contributed by atoms with Gasteiger partial charge in [0.05, 0.1) is 6.10 Å². The normalized spacial score (nSPS) is 27.2. The molecule has 0 amide bonds. The lowest BCUT2D eigenvalue weighted by molar-refractivity contribution is 0.271. The summed E-state index contributed by atoms with van der Waals surface area (Å²) in [4.78, 5) is 0. The standard InChI is InChI=1S/C9H8ClFO/c10-6-2-1-3-7(11)9(6)5-4-8(5)12/h1-3,5,8,12H,4H2/t5-,8-/m0/s1. The van der Waals surface area contributed by atoms with Crippen LogP contribution in [0.5, 0.6) is 0 Å². The SMILES string of the molecule is O[C@H]1C[C@@H]1c1c(F)cccc1Cl. The number of aliphatic hydroxyl groups is 1. The van der Waals surface area contributed by atoms with Crippen LogP contribution in [0.1, 0.15) is 17.9 Å². The maximum atomic E-state index is 13.1. The van der Waals surface area contributed by atoms with Crippen molar-refractivity contribution in [2.24, 2.45) is 0 Å². The van der Waals surface area contributed by atoms with E-state index >= 15 is 0 Å². The topological polar surface area (TPSA) is 20.2 Å². The summed E-state index contributed by atoms with van der Waals surface area (Å²) < 4.78 is 13.1. The zero-order chi connectivity index (χ0) is 8.72. The van der Waals surface area contributed by atoms with Gasteiger partial charge in [0.25, 0.3) is 0 Å². The largest absolute Gasteiger partial charge is 0.392 e. The minimum atomic E-state index is -0.403. The lowest BCUT2D eigenvalue weighted by atomic mass is 10.1. The van der Waals surface area contributed by atoms with Crippen molar-refractivity contribution < 1.29 is 9.50 Å². The molecule has 64 valence electrons. The summed E-state index contributed by atoms with van der Waals surface area (Å²) >= 11 is 5.78. The van der Waals surface area contributed by atoms with Gasteiger partial charge in [0.2, 0.25) is 0 Å². The number of aliphatic hydroxyl groups excluding tert-OH is 1. The van der Waals surface area contributed by atoms with Crippen LogP contribution in [0.2, 0.25) is 5.02 Å². The fourth-order valence-corrected chi connectivity index (χ4v) is 1.66. The van der Waals surface area contributed by atoms with Crippen molar-refractivity contribution in [3.05, 3.63) is 34.6 Å². The van der Waals surface area contributed by atoms with Crippen molar-refractivity contribution in [2.75, 3.05) is 0 Å². The summed E-state index contributed by atoms with van der Waals surface area (Å²) in [6, 6.07) is 4.58. The van der Waals surface area contributed by atoms with Crippen LogP contribution < -0.4 is 0 Å². The molecule has 1 fully saturated rings. The zero-order valence-electron chi connectivity index (χ0n) is 6.30. The van der Waals surface area contributed by atoms with E-state index in [2.05, 4.69) is 0 Å². The van der Waals surface area contributed by atoms with Crippen LogP contribution in [0, 0.1) is 5.82 Å². The molecule has 1 aliphatic rings. The summed E-state index contributed by atoms with van der Waals surface area (Å²) in [5, 5.41) is 9.52. The average molecular weight is 187 g/mol. The Kier molecular flexibility index (Phi) is 1.81. The van der Waals surface area contributed by atoms with E-state index in [0.717, 1.165) is 0 Å². The maximum absolute atomic E-state index is 13.1. The summed E-state index contributed by atoms with van der Waals surface area (Å²) in [6.07, 6.45) is 0.222. The van der Waals surface area contributed by atoms with Gasteiger partial charge in [-0.2, -0.15) is 0 Å². The summed E-state index contributed by atoms with van der Waals surface area (Å²) in [5.41, 5.74) is 0.465. The Morgan fingerprint density at radius 2 is 2.17 bits per heavy atom. The number of hydrogen-bond donors (Lipinski definition) is 1. The second-order valence-electron chi connectivity index (χ2n) is 3.04. The van der Waals surface area contributed by atoms with E-state index < -0.39 is 6.10 Å². The third-order valence-electron chi connectivity index (χ3n) is 2.13. The van der Waals surface area contributed by atoms with Gasteiger partial charge in [-0.25, -0.2) is 4.39 Å². The average Bonchev–Trinajstić information content (AvgIpc) is 2.67. The highest BCUT2D eigenvalue weighted by molar-refractivity contribution is 6.31.